The number of rotatable bonds is 3. The highest BCUT2D eigenvalue weighted by molar-refractivity contribution is 9.10. The highest BCUT2D eigenvalue weighted by Gasteiger charge is 2.25. The Balaban J connectivity index is 2.18. The molecule has 0 spiro atoms. The Hall–Kier alpha value is -0.940. The van der Waals surface area contributed by atoms with E-state index >= 15 is 0 Å². The molecular weight excluding hydrogens is 298 g/mol. The third-order valence-electron chi connectivity index (χ3n) is 3.61. The lowest BCUT2D eigenvalue weighted by molar-refractivity contribution is -0.385. The van der Waals surface area contributed by atoms with E-state index in [0.717, 1.165) is 31.2 Å². The number of nitro benzene ring substituents is 1. The molecule has 1 aliphatic rings. The van der Waals surface area contributed by atoms with Crippen molar-refractivity contribution in [2.45, 2.75) is 38.2 Å². The summed E-state index contributed by atoms with van der Waals surface area (Å²) in [6, 6.07) is 5.08. The van der Waals surface area contributed by atoms with Gasteiger partial charge in [0.05, 0.1) is 15.5 Å². The monoisotopic (exact) mass is 313 g/mol. The molecule has 4 nitrogen and oxygen atoms in total. The second kappa shape index (κ2) is 5.80. The zero-order valence-electron chi connectivity index (χ0n) is 10.0. The summed E-state index contributed by atoms with van der Waals surface area (Å²) in [6.45, 7) is 0. The first-order chi connectivity index (χ1) is 8.59. The van der Waals surface area contributed by atoms with Crippen LogP contribution in [-0.2, 0) is 6.42 Å². The number of aliphatic hydroxyl groups is 1. The second-order valence-electron chi connectivity index (χ2n) is 4.82. The highest BCUT2D eigenvalue weighted by atomic mass is 79.9. The van der Waals surface area contributed by atoms with Gasteiger partial charge < -0.3 is 5.11 Å². The number of hydrogen-bond donors (Lipinski definition) is 1. The molecule has 1 N–H and O–H groups in total. The Kier molecular flexibility index (Phi) is 4.35. The number of nitrogens with zero attached hydrogens (tertiary/aromatic N) is 1. The van der Waals surface area contributed by atoms with Gasteiger partial charge in [-0.1, -0.05) is 25.0 Å². The number of benzene rings is 1. The molecule has 2 rings (SSSR count). The van der Waals surface area contributed by atoms with Crippen LogP contribution in [0.3, 0.4) is 0 Å². The average molecular weight is 314 g/mol. The van der Waals surface area contributed by atoms with Crippen LogP contribution in [0.4, 0.5) is 5.69 Å². The molecule has 1 aliphatic carbocycles. The molecule has 0 amide bonds. The molecule has 2 unspecified atom stereocenters. The molecule has 1 saturated carbocycles. The molecule has 0 saturated heterocycles. The van der Waals surface area contributed by atoms with Crippen LogP contribution in [0.1, 0.15) is 31.2 Å². The van der Waals surface area contributed by atoms with Crippen LogP contribution in [0.25, 0.3) is 0 Å². The zero-order chi connectivity index (χ0) is 13.1. The van der Waals surface area contributed by atoms with Crippen molar-refractivity contribution in [3.63, 3.8) is 0 Å². The van der Waals surface area contributed by atoms with Crippen LogP contribution >= 0.6 is 15.9 Å². The predicted octanol–water partition coefficient (Wildman–Crippen LogP) is 3.45. The van der Waals surface area contributed by atoms with Crippen LogP contribution in [0.2, 0.25) is 0 Å². The van der Waals surface area contributed by atoms with E-state index in [1.807, 2.05) is 6.07 Å². The van der Waals surface area contributed by atoms with E-state index < -0.39 is 0 Å². The molecule has 98 valence electrons. The fourth-order valence-electron chi connectivity index (χ4n) is 2.57. The van der Waals surface area contributed by atoms with E-state index in [1.54, 1.807) is 6.07 Å². The fourth-order valence-corrected chi connectivity index (χ4v) is 3.14. The van der Waals surface area contributed by atoms with E-state index in [9.17, 15) is 15.2 Å². The summed E-state index contributed by atoms with van der Waals surface area (Å²) >= 11 is 3.31. The van der Waals surface area contributed by atoms with Gasteiger partial charge in [-0.25, -0.2) is 0 Å². The zero-order valence-corrected chi connectivity index (χ0v) is 11.6. The topological polar surface area (TPSA) is 63.4 Å². The molecule has 1 aromatic carbocycles. The molecule has 18 heavy (non-hydrogen) atoms. The molecular formula is C13H16BrNO3. The predicted molar refractivity (Wildman–Crippen MR) is 72.5 cm³/mol. The maximum atomic E-state index is 10.9. The smallest absolute Gasteiger partial charge is 0.283 e. The van der Waals surface area contributed by atoms with Crippen molar-refractivity contribution < 1.29 is 10.0 Å². The van der Waals surface area contributed by atoms with Gasteiger partial charge in [0, 0.05) is 6.07 Å². The molecule has 0 heterocycles. The summed E-state index contributed by atoms with van der Waals surface area (Å²) in [7, 11) is 0. The highest BCUT2D eigenvalue weighted by Crippen LogP contribution is 2.33. The Morgan fingerprint density at radius 3 is 2.78 bits per heavy atom. The van der Waals surface area contributed by atoms with E-state index in [2.05, 4.69) is 15.9 Å². The van der Waals surface area contributed by atoms with Crippen molar-refractivity contribution in [3.8, 4) is 0 Å². The summed E-state index contributed by atoms with van der Waals surface area (Å²) in [5, 5.41) is 20.8. The van der Waals surface area contributed by atoms with Crippen molar-refractivity contribution in [2.24, 2.45) is 5.92 Å². The summed E-state index contributed by atoms with van der Waals surface area (Å²) < 4.78 is 0.549. The summed E-state index contributed by atoms with van der Waals surface area (Å²) in [4.78, 5) is 10.5. The van der Waals surface area contributed by atoms with Crippen molar-refractivity contribution in [2.75, 3.05) is 0 Å². The van der Waals surface area contributed by atoms with Gasteiger partial charge in [-0.2, -0.15) is 0 Å². The Labute approximate surface area is 114 Å². The third kappa shape index (κ3) is 2.90. The maximum Gasteiger partial charge on any atom is 0.283 e. The largest absolute Gasteiger partial charge is 0.393 e. The van der Waals surface area contributed by atoms with E-state index in [0.29, 0.717) is 10.9 Å². The summed E-state index contributed by atoms with van der Waals surface area (Å²) in [5.74, 6) is 0.219. The van der Waals surface area contributed by atoms with E-state index in [-0.39, 0.29) is 22.6 Å². The van der Waals surface area contributed by atoms with E-state index in [1.165, 1.54) is 6.07 Å². The Morgan fingerprint density at radius 2 is 2.11 bits per heavy atom. The van der Waals surface area contributed by atoms with Gasteiger partial charge in [0.15, 0.2) is 0 Å². The van der Waals surface area contributed by atoms with Gasteiger partial charge in [-0.05, 0) is 46.7 Å². The fraction of sp³-hybridized carbons (Fsp3) is 0.538. The second-order valence-corrected chi connectivity index (χ2v) is 5.62. The molecule has 1 fully saturated rings. The lowest BCUT2D eigenvalue weighted by atomic mass is 9.82. The van der Waals surface area contributed by atoms with Gasteiger partial charge in [-0.3, -0.25) is 10.1 Å². The minimum Gasteiger partial charge on any atom is -0.393 e. The SMILES string of the molecule is O=[N+]([O-])c1cccc(CC2CCCCC2O)c1Br. The van der Waals surface area contributed by atoms with Crippen molar-refractivity contribution in [1.82, 2.24) is 0 Å². The third-order valence-corrected chi connectivity index (χ3v) is 4.52. The van der Waals surface area contributed by atoms with Crippen molar-refractivity contribution in [3.05, 3.63) is 38.3 Å². The Morgan fingerprint density at radius 1 is 1.39 bits per heavy atom. The van der Waals surface area contributed by atoms with Crippen LogP contribution in [-0.4, -0.2) is 16.1 Å². The lowest BCUT2D eigenvalue weighted by Crippen LogP contribution is -2.26. The van der Waals surface area contributed by atoms with Crippen LogP contribution in [0, 0.1) is 16.0 Å². The first-order valence-corrected chi connectivity index (χ1v) is 6.98. The van der Waals surface area contributed by atoms with Gasteiger partial charge in [0.2, 0.25) is 0 Å². The summed E-state index contributed by atoms with van der Waals surface area (Å²) in [5.41, 5.74) is 1.01. The quantitative estimate of drug-likeness (QED) is 0.686. The normalized spacial score (nSPS) is 23.9. The minimum atomic E-state index is -0.384. The minimum absolute atomic E-state index is 0.0952. The molecule has 0 aromatic heterocycles. The standard InChI is InChI=1S/C13H16BrNO3/c14-13-10(5-3-6-11(13)15(17)18)8-9-4-1-2-7-12(9)16/h3,5-6,9,12,16H,1-2,4,7-8H2. The number of aliphatic hydroxyl groups excluding tert-OH is 1. The van der Waals surface area contributed by atoms with Crippen LogP contribution < -0.4 is 0 Å². The van der Waals surface area contributed by atoms with Gasteiger partial charge in [0.25, 0.3) is 5.69 Å². The molecule has 1 aromatic rings. The molecule has 0 radical (unpaired) electrons. The number of halogens is 1. The number of nitro groups is 1. The maximum absolute atomic E-state index is 10.9. The van der Waals surface area contributed by atoms with E-state index in [4.69, 9.17) is 0 Å². The molecule has 5 heteroatoms. The Bertz CT molecular complexity index is 450. The van der Waals surface area contributed by atoms with Crippen LogP contribution in [0.15, 0.2) is 22.7 Å². The van der Waals surface area contributed by atoms with Crippen molar-refractivity contribution >= 4 is 21.6 Å². The van der Waals surface area contributed by atoms with Crippen molar-refractivity contribution in [1.29, 1.82) is 0 Å². The lowest BCUT2D eigenvalue weighted by Gasteiger charge is -2.27. The molecule has 0 bridgehead atoms. The molecule has 2 atom stereocenters. The average Bonchev–Trinajstić information content (AvgIpc) is 2.34. The summed E-state index contributed by atoms with van der Waals surface area (Å²) in [6.07, 6.45) is 4.48. The van der Waals surface area contributed by atoms with Crippen LogP contribution in [0.5, 0.6) is 0 Å². The van der Waals surface area contributed by atoms with Gasteiger partial charge in [-0.15, -0.1) is 0 Å². The first kappa shape index (κ1) is 13.5. The molecule has 0 aliphatic heterocycles. The number of hydrogen-bond acceptors (Lipinski definition) is 3. The first-order valence-electron chi connectivity index (χ1n) is 6.19. The van der Waals surface area contributed by atoms with Gasteiger partial charge >= 0.3 is 0 Å². The van der Waals surface area contributed by atoms with Gasteiger partial charge in [0.1, 0.15) is 0 Å².